The Morgan fingerprint density at radius 3 is 2.88 bits per heavy atom. The first-order valence-electron chi connectivity index (χ1n) is 7.96. The van der Waals surface area contributed by atoms with Crippen LogP contribution in [-0.2, 0) is 5.75 Å². The van der Waals surface area contributed by atoms with Crippen LogP contribution in [0.1, 0.15) is 22.5 Å². The van der Waals surface area contributed by atoms with Gasteiger partial charge < -0.3 is 14.6 Å². The third-order valence-corrected chi connectivity index (χ3v) is 5.21. The van der Waals surface area contributed by atoms with E-state index in [0.29, 0.717) is 11.7 Å². The number of rotatable bonds is 6. The first kappa shape index (κ1) is 18.9. The molecule has 0 spiro atoms. The third kappa shape index (κ3) is 4.56. The lowest BCUT2D eigenvalue weighted by Crippen LogP contribution is -2.30. The molecule has 1 aromatic carbocycles. The van der Waals surface area contributed by atoms with Crippen molar-refractivity contribution < 1.29 is 9.21 Å². The van der Waals surface area contributed by atoms with Crippen molar-refractivity contribution in [2.24, 2.45) is 5.92 Å². The highest BCUT2D eigenvalue weighted by Crippen LogP contribution is 2.26. The van der Waals surface area contributed by atoms with Crippen molar-refractivity contribution in [3.8, 4) is 0 Å². The molecule has 1 fully saturated rings. The molecule has 2 aromatic rings. The van der Waals surface area contributed by atoms with Gasteiger partial charge in [0.15, 0.2) is 5.76 Å². The van der Waals surface area contributed by atoms with Crippen molar-refractivity contribution in [2.45, 2.75) is 17.1 Å². The predicted molar refractivity (Wildman–Crippen MR) is 99.9 cm³/mol. The molecule has 130 valence electrons. The molecule has 1 saturated heterocycles. The molecule has 0 saturated carbocycles. The molecule has 2 heterocycles. The summed E-state index contributed by atoms with van der Waals surface area (Å²) in [5, 5.41) is 3.19. The van der Waals surface area contributed by atoms with E-state index in [2.05, 4.69) is 17.4 Å². The number of amides is 1. The van der Waals surface area contributed by atoms with E-state index in [0.717, 1.165) is 37.4 Å². The Labute approximate surface area is 153 Å². The Morgan fingerprint density at radius 1 is 1.33 bits per heavy atom. The van der Waals surface area contributed by atoms with Crippen molar-refractivity contribution in [2.75, 3.05) is 26.7 Å². The molecule has 1 atom stereocenters. The normalized spacial score (nSPS) is 16.9. The van der Waals surface area contributed by atoms with Crippen LogP contribution in [0.4, 0.5) is 0 Å². The number of likely N-dealkylation sites (tertiary alicyclic amines) is 1. The van der Waals surface area contributed by atoms with Gasteiger partial charge in [-0.1, -0.05) is 18.2 Å². The number of thioether (sulfide) groups is 1. The summed E-state index contributed by atoms with van der Waals surface area (Å²) in [5.41, 5.74) is 0.973. The Kier molecular flexibility index (Phi) is 7.21. The molecule has 1 unspecified atom stereocenters. The maximum atomic E-state index is 12.7. The number of benzene rings is 1. The van der Waals surface area contributed by atoms with E-state index in [4.69, 9.17) is 4.42 Å². The number of hydrogen-bond donors (Lipinski definition) is 1. The molecule has 1 amide bonds. The zero-order valence-corrected chi connectivity index (χ0v) is 15.4. The molecule has 3 rings (SSSR count). The number of carbonyl (C=O) groups excluding carboxylic acids is 1. The molecule has 0 radical (unpaired) electrons. The zero-order valence-electron chi connectivity index (χ0n) is 13.7. The molecule has 0 aliphatic carbocycles. The Balaban J connectivity index is 0.00000208. The maximum absolute atomic E-state index is 12.7. The maximum Gasteiger partial charge on any atom is 0.289 e. The fraction of sp³-hybridized carbons (Fsp3) is 0.389. The van der Waals surface area contributed by atoms with E-state index in [9.17, 15) is 4.79 Å². The van der Waals surface area contributed by atoms with Crippen LogP contribution in [0.2, 0.25) is 0 Å². The molecule has 1 aromatic heterocycles. The van der Waals surface area contributed by atoms with Gasteiger partial charge in [-0.05, 0) is 44.1 Å². The molecule has 4 nitrogen and oxygen atoms in total. The smallest absolute Gasteiger partial charge is 0.289 e. The molecule has 24 heavy (non-hydrogen) atoms. The average molecular weight is 367 g/mol. The highest BCUT2D eigenvalue weighted by molar-refractivity contribution is 7.98. The van der Waals surface area contributed by atoms with Gasteiger partial charge in [0.1, 0.15) is 0 Å². The van der Waals surface area contributed by atoms with Gasteiger partial charge >= 0.3 is 0 Å². The number of halogens is 1. The van der Waals surface area contributed by atoms with Crippen LogP contribution >= 0.6 is 24.2 Å². The van der Waals surface area contributed by atoms with E-state index in [1.807, 2.05) is 36.2 Å². The molecule has 0 bridgehead atoms. The van der Waals surface area contributed by atoms with E-state index in [1.54, 1.807) is 18.0 Å². The highest BCUT2D eigenvalue weighted by atomic mass is 35.5. The summed E-state index contributed by atoms with van der Waals surface area (Å²) in [7, 11) is 1.95. The van der Waals surface area contributed by atoms with Gasteiger partial charge in [0.05, 0.1) is 6.26 Å². The van der Waals surface area contributed by atoms with Gasteiger partial charge in [0, 0.05) is 29.3 Å². The molecular formula is C18H23ClN2O2S. The van der Waals surface area contributed by atoms with Gasteiger partial charge in [-0.15, -0.1) is 24.2 Å². The molecule has 1 aliphatic rings. The predicted octanol–water partition coefficient (Wildman–Crippen LogP) is 3.68. The first-order valence-corrected chi connectivity index (χ1v) is 8.94. The minimum atomic E-state index is 0. The summed E-state index contributed by atoms with van der Waals surface area (Å²) >= 11 is 1.72. The van der Waals surface area contributed by atoms with Gasteiger partial charge in [-0.2, -0.15) is 0 Å². The molecule has 1 aliphatic heterocycles. The van der Waals surface area contributed by atoms with Crippen molar-refractivity contribution in [3.63, 3.8) is 0 Å². The number of hydrogen-bond acceptors (Lipinski definition) is 4. The summed E-state index contributed by atoms with van der Waals surface area (Å²) in [6.45, 7) is 2.58. The fourth-order valence-electron chi connectivity index (χ4n) is 2.93. The van der Waals surface area contributed by atoms with Gasteiger partial charge in [0.25, 0.3) is 5.91 Å². The monoisotopic (exact) mass is 366 g/mol. The van der Waals surface area contributed by atoms with Gasteiger partial charge in [0.2, 0.25) is 0 Å². The second-order valence-corrected chi connectivity index (χ2v) is 6.89. The Morgan fingerprint density at radius 2 is 2.12 bits per heavy atom. The number of carbonyl (C=O) groups is 1. The number of nitrogens with zero attached hydrogens (tertiary/aromatic N) is 1. The lowest BCUT2D eigenvalue weighted by atomic mass is 10.1. The van der Waals surface area contributed by atoms with E-state index < -0.39 is 0 Å². The first-order chi connectivity index (χ1) is 11.3. The van der Waals surface area contributed by atoms with Crippen LogP contribution in [0.5, 0.6) is 0 Å². The van der Waals surface area contributed by atoms with Gasteiger partial charge in [-0.25, -0.2) is 0 Å². The van der Waals surface area contributed by atoms with Gasteiger partial charge in [-0.3, -0.25) is 4.79 Å². The summed E-state index contributed by atoms with van der Waals surface area (Å²) in [6, 6.07) is 12.1. The minimum absolute atomic E-state index is 0. The van der Waals surface area contributed by atoms with Crippen LogP contribution in [0.15, 0.2) is 52.0 Å². The molecular weight excluding hydrogens is 344 g/mol. The quantitative estimate of drug-likeness (QED) is 0.792. The van der Waals surface area contributed by atoms with Crippen LogP contribution in [0, 0.1) is 5.92 Å². The van der Waals surface area contributed by atoms with Crippen LogP contribution in [0.25, 0.3) is 0 Å². The Bertz CT molecular complexity index is 647. The topological polar surface area (TPSA) is 45.5 Å². The zero-order chi connectivity index (χ0) is 16.1. The average Bonchev–Trinajstić information content (AvgIpc) is 3.23. The third-order valence-electron chi connectivity index (χ3n) is 4.14. The highest BCUT2D eigenvalue weighted by Gasteiger charge is 2.29. The summed E-state index contributed by atoms with van der Waals surface area (Å²) < 4.78 is 5.50. The molecule has 6 heteroatoms. The van der Waals surface area contributed by atoms with Crippen LogP contribution in [0.3, 0.4) is 0 Å². The minimum Gasteiger partial charge on any atom is -0.459 e. The summed E-state index contributed by atoms with van der Waals surface area (Å²) in [4.78, 5) is 15.8. The van der Waals surface area contributed by atoms with E-state index >= 15 is 0 Å². The second-order valence-electron chi connectivity index (χ2n) is 5.84. The molecule has 1 N–H and O–H groups in total. The summed E-state index contributed by atoms with van der Waals surface area (Å²) in [6.07, 6.45) is 2.68. The van der Waals surface area contributed by atoms with E-state index in [1.165, 1.54) is 4.90 Å². The Hall–Kier alpha value is -1.43. The van der Waals surface area contributed by atoms with Crippen molar-refractivity contribution in [1.82, 2.24) is 10.2 Å². The van der Waals surface area contributed by atoms with Crippen molar-refractivity contribution in [3.05, 3.63) is 54.0 Å². The largest absolute Gasteiger partial charge is 0.459 e. The van der Waals surface area contributed by atoms with Crippen molar-refractivity contribution >= 4 is 30.1 Å². The SMILES string of the molecule is CNCC1CCN(C(=O)c2occc2CSc2ccccc2)C1.Cl. The second kappa shape index (κ2) is 9.16. The van der Waals surface area contributed by atoms with E-state index in [-0.39, 0.29) is 18.3 Å². The van der Waals surface area contributed by atoms with Crippen LogP contribution < -0.4 is 5.32 Å². The summed E-state index contributed by atoms with van der Waals surface area (Å²) in [5.74, 6) is 1.81. The van der Waals surface area contributed by atoms with Crippen molar-refractivity contribution in [1.29, 1.82) is 0 Å². The van der Waals surface area contributed by atoms with Crippen LogP contribution in [-0.4, -0.2) is 37.5 Å². The lowest BCUT2D eigenvalue weighted by Gasteiger charge is -2.16. The standard InChI is InChI=1S/C18H22N2O2S.ClH/c1-19-11-14-7-9-20(12-14)18(21)17-15(8-10-22-17)13-23-16-5-3-2-4-6-16;/h2-6,8,10,14,19H,7,9,11-13H2,1H3;1H. The number of furan rings is 1. The lowest BCUT2D eigenvalue weighted by molar-refractivity contribution is 0.0754. The fourth-order valence-corrected chi connectivity index (χ4v) is 3.83. The number of nitrogens with one attached hydrogen (secondary N) is 1.